The van der Waals surface area contributed by atoms with Gasteiger partial charge in [0.25, 0.3) is 0 Å². The van der Waals surface area contributed by atoms with Crippen LogP contribution in [0.2, 0.25) is 0 Å². The Morgan fingerprint density at radius 2 is 1.47 bits per heavy atom. The summed E-state index contributed by atoms with van der Waals surface area (Å²) in [5.74, 6) is 4.15. The highest BCUT2D eigenvalue weighted by molar-refractivity contribution is 5.86. The highest BCUT2D eigenvalue weighted by atomic mass is 15.1. The summed E-state index contributed by atoms with van der Waals surface area (Å²) < 4.78 is 0. The van der Waals surface area contributed by atoms with Crippen LogP contribution >= 0.6 is 0 Å². The van der Waals surface area contributed by atoms with Crippen LogP contribution in [0.4, 0.5) is 0 Å². The number of hydrogen-bond acceptors (Lipinski definition) is 4. The molecule has 6 nitrogen and oxygen atoms in total. The van der Waals surface area contributed by atoms with Crippen molar-refractivity contribution in [1.29, 1.82) is 0 Å². The Morgan fingerprint density at radius 3 is 2.19 bits per heavy atom. The van der Waals surface area contributed by atoms with Crippen LogP contribution < -0.4 is 10.6 Å². The molecule has 5 unspecified atom stereocenters. The first-order chi connectivity index (χ1) is 21.1. The van der Waals surface area contributed by atoms with E-state index in [4.69, 9.17) is 9.97 Å². The second kappa shape index (κ2) is 9.90. The number of nitrogens with one attached hydrogen (secondary N) is 4. The summed E-state index contributed by atoms with van der Waals surface area (Å²) in [7, 11) is 0. The second-order valence-electron chi connectivity index (χ2n) is 13.7. The van der Waals surface area contributed by atoms with E-state index < -0.39 is 0 Å². The largest absolute Gasteiger partial charge is 0.341 e. The minimum Gasteiger partial charge on any atom is -0.341 e. The van der Waals surface area contributed by atoms with Gasteiger partial charge in [-0.05, 0) is 121 Å². The number of aromatic nitrogens is 4. The molecule has 6 heteroatoms. The van der Waals surface area contributed by atoms with Crippen LogP contribution in [0.25, 0.3) is 44.5 Å². The molecule has 218 valence electrons. The third kappa shape index (κ3) is 4.21. The van der Waals surface area contributed by atoms with Crippen molar-refractivity contribution in [2.75, 3.05) is 6.54 Å². The van der Waals surface area contributed by atoms with Gasteiger partial charge in [0.1, 0.15) is 11.6 Å². The lowest BCUT2D eigenvalue weighted by atomic mass is 9.81. The van der Waals surface area contributed by atoms with E-state index >= 15 is 0 Å². The molecule has 2 aliphatic heterocycles. The molecule has 2 aliphatic carbocycles. The third-order valence-corrected chi connectivity index (χ3v) is 11.1. The van der Waals surface area contributed by atoms with Crippen molar-refractivity contribution in [3.8, 4) is 33.5 Å². The van der Waals surface area contributed by atoms with Crippen LogP contribution in [0.5, 0.6) is 0 Å². The first kappa shape index (κ1) is 25.7. The summed E-state index contributed by atoms with van der Waals surface area (Å²) in [6.45, 7) is 5.67. The lowest BCUT2D eigenvalue weighted by Crippen LogP contribution is -2.24. The molecule has 5 aromatic rings. The monoisotopic (exact) mass is 568 g/mol. The van der Waals surface area contributed by atoms with Gasteiger partial charge in [-0.1, -0.05) is 49.4 Å². The molecule has 4 N–H and O–H groups in total. The number of H-pyrrole nitrogens is 2. The lowest BCUT2D eigenvalue weighted by Gasteiger charge is -2.23. The summed E-state index contributed by atoms with van der Waals surface area (Å²) in [6, 6.07) is 21.9. The van der Waals surface area contributed by atoms with Gasteiger partial charge in [-0.3, -0.25) is 0 Å². The fraction of sp³-hybridized carbons (Fsp3) is 0.405. The Bertz CT molecular complexity index is 1810. The molecule has 4 aliphatic rings. The normalized spacial score (nSPS) is 27.9. The Hall–Kier alpha value is -3.74. The van der Waals surface area contributed by atoms with E-state index in [-0.39, 0.29) is 0 Å². The fourth-order valence-electron chi connectivity index (χ4n) is 8.61. The van der Waals surface area contributed by atoms with Crippen molar-refractivity contribution in [3.63, 3.8) is 0 Å². The summed E-state index contributed by atoms with van der Waals surface area (Å²) in [5, 5.41) is 7.27. The quantitative estimate of drug-likeness (QED) is 0.173. The zero-order chi connectivity index (χ0) is 28.7. The molecule has 4 heterocycles. The minimum absolute atomic E-state index is 0.315. The second-order valence-corrected chi connectivity index (χ2v) is 13.7. The molecule has 43 heavy (non-hydrogen) atoms. The minimum atomic E-state index is 0.315. The van der Waals surface area contributed by atoms with Crippen LogP contribution in [-0.4, -0.2) is 32.5 Å². The maximum Gasteiger partial charge on any atom is 0.124 e. The smallest absolute Gasteiger partial charge is 0.124 e. The number of fused-ring (bicyclic) bond motifs is 6. The summed E-state index contributed by atoms with van der Waals surface area (Å²) in [5.41, 5.74) is 13.1. The number of benzene rings is 3. The molecule has 2 saturated heterocycles. The van der Waals surface area contributed by atoms with Crippen LogP contribution in [0.1, 0.15) is 99.1 Å². The van der Waals surface area contributed by atoms with E-state index in [0.29, 0.717) is 35.9 Å². The number of imidazole rings is 2. The van der Waals surface area contributed by atoms with Crippen molar-refractivity contribution >= 4 is 11.0 Å². The Kier molecular flexibility index (Phi) is 5.92. The van der Waals surface area contributed by atoms with Gasteiger partial charge in [-0.15, -0.1) is 0 Å². The van der Waals surface area contributed by atoms with Crippen molar-refractivity contribution in [3.05, 3.63) is 83.6 Å². The van der Waals surface area contributed by atoms with Crippen LogP contribution in [0.3, 0.4) is 0 Å². The maximum atomic E-state index is 4.92. The average Bonchev–Trinajstić information content (AvgIpc) is 3.88. The highest BCUT2D eigenvalue weighted by Gasteiger charge is 2.40. The van der Waals surface area contributed by atoms with Crippen molar-refractivity contribution < 1.29 is 0 Å². The van der Waals surface area contributed by atoms with Crippen molar-refractivity contribution in [2.24, 2.45) is 5.92 Å². The third-order valence-electron chi connectivity index (χ3n) is 11.1. The van der Waals surface area contributed by atoms with Gasteiger partial charge >= 0.3 is 0 Å². The summed E-state index contributed by atoms with van der Waals surface area (Å²) >= 11 is 0. The highest BCUT2D eigenvalue weighted by Crippen LogP contribution is 2.58. The van der Waals surface area contributed by atoms with E-state index in [9.17, 15) is 0 Å². The number of nitrogens with zero attached hydrogens (tertiary/aromatic N) is 2. The van der Waals surface area contributed by atoms with Crippen molar-refractivity contribution in [2.45, 2.75) is 82.3 Å². The number of aromatic amines is 2. The predicted molar refractivity (Wildman–Crippen MR) is 173 cm³/mol. The SMILES string of the molecule is CC1C[C@@H](c2ncc(-c3ccc(-c4ccc(-c5ccc6nc(C7CCCN7)[nH]c6c5)c5c4C4CCC5C4)cc3)[nH]2)NC1C. The molecule has 0 amide bonds. The van der Waals surface area contributed by atoms with Gasteiger partial charge in [-0.25, -0.2) is 9.97 Å². The molecule has 1 saturated carbocycles. The molecule has 2 aromatic heterocycles. The van der Waals surface area contributed by atoms with Crippen LogP contribution in [0, 0.1) is 5.92 Å². The molecule has 6 atom stereocenters. The molecule has 2 bridgehead atoms. The van der Waals surface area contributed by atoms with E-state index in [1.165, 1.54) is 53.5 Å². The molecular formula is C37H40N6. The van der Waals surface area contributed by atoms with E-state index in [0.717, 1.165) is 47.8 Å². The topological polar surface area (TPSA) is 81.4 Å². The maximum absolute atomic E-state index is 4.92. The summed E-state index contributed by atoms with van der Waals surface area (Å²) in [4.78, 5) is 16.9. The van der Waals surface area contributed by atoms with Gasteiger partial charge < -0.3 is 20.6 Å². The average molecular weight is 569 g/mol. The summed E-state index contributed by atoms with van der Waals surface area (Å²) in [6.07, 6.45) is 9.42. The standard InChI is InChI=1S/C37H40N6/c1-20-16-32(40-21(20)2)36-39-19-33(43-36)23-7-5-22(6-8-23)27-12-13-28(35-26-10-9-25(17-26)34(27)35)24-11-14-29-31(18-24)42-37(41-29)30-4-3-15-38-30/h5-8,11-14,18-21,25-26,30,32,38,40H,3-4,9-10,15-17H2,1-2H3,(H,39,43)(H,41,42)/t20?,21?,25?,26?,30?,32-/m0/s1. The zero-order valence-corrected chi connectivity index (χ0v) is 25.1. The molecule has 9 rings (SSSR count). The van der Waals surface area contributed by atoms with Crippen LogP contribution in [-0.2, 0) is 0 Å². The Labute approximate surface area is 253 Å². The van der Waals surface area contributed by atoms with Crippen LogP contribution in [0.15, 0.2) is 60.8 Å². The van der Waals surface area contributed by atoms with Gasteiger partial charge in [0, 0.05) is 6.04 Å². The van der Waals surface area contributed by atoms with Gasteiger partial charge in [0.2, 0.25) is 0 Å². The van der Waals surface area contributed by atoms with Gasteiger partial charge in [-0.2, -0.15) is 0 Å². The molecule has 3 fully saturated rings. The molecule has 3 aromatic carbocycles. The van der Waals surface area contributed by atoms with E-state index in [1.54, 1.807) is 11.1 Å². The molecule has 0 radical (unpaired) electrons. The zero-order valence-electron chi connectivity index (χ0n) is 25.1. The first-order valence-electron chi connectivity index (χ1n) is 16.4. The Morgan fingerprint density at radius 1 is 0.721 bits per heavy atom. The van der Waals surface area contributed by atoms with E-state index in [2.05, 4.69) is 89.0 Å². The van der Waals surface area contributed by atoms with Gasteiger partial charge in [0.05, 0.1) is 35.0 Å². The fourth-order valence-corrected chi connectivity index (χ4v) is 8.61. The predicted octanol–water partition coefficient (Wildman–Crippen LogP) is 8.14. The lowest BCUT2D eigenvalue weighted by molar-refractivity contribution is 0.516. The number of rotatable bonds is 5. The van der Waals surface area contributed by atoms with E-state index in [1.807, 2.05) is 6.20 Å². The molecular weight excluding hydrogens is 528 g/mol. The Balaban J connectivity index is 1.04. The van der Waals surface area contributed by atoms with Crippen molar-refractivity contribution in [1.82, 2.24) is 30.6 Å². The van der Waals surface area contributed by atoms with Gasteiger partial charge in [0.15, 0.2) is 0 Å². The first-order valence-corrected chi connectivity index (χ1v) is 16.4. The molecule has 0 spiro atoms. The number of hydrogen-bond donors (Lipinski definition) is 4.